The molecule has 0 aromatic carbocycles. The molecule has 0 spiro atoms. The predicted molar refractivity (Wildman–Crippen MR) is 64.5 cm³/mol. The maximum atomic E-state index is 12.7. The molecular formula is C10H12FN5O4. The summed E-state index contributed by atoms with van der Waals surface area (Å²) in [7, 11) is 0. The van der Waals surface area contributed by atoms with Crippen LogP contribution in [-0.4, -0.2) is 54.7 Å². The molecule has 1 fully saturated rings. The largest absolute Gasteiger partial charge is 0.387 e. The molecule has 0 unspecified atom stereocenters. The van der Waals surface area contributed by atoms with Gasteiger partial charge in [-0.15, -0.1) is 0 Å². The number of rotatable bonds is 2. The number of nitrogens with zero attached hydrogens (tertiary/aromatic N) is 3. The lowest BCUT2D eigenvalue weighted by atomic mass is 10.1. The Morgan fingerprint density at radius 1 is 1.50 bits per heavy atom. The minimum Gasteiger partial charge on any atom is -0.387 e. The van der Waals surface area contributed by atoms with E-state index in [1.807, 2.05) is 0 Å². The van der Waals surface area contributed by atoms with Gasteiger partial charge >= 0.3 is 0 Å². The van der Waals surface area contributed by atoms with Crippen LogP contribution in [0.5, 0.6) is 0 Å². The van der Waals surface area contributed by atoms with Crippen LogP contribution >= 0.6 is 0 Å². The number of aliphatic hydroxyl groups is 2. The molecule has 1 aliphatic heterocycles. The number of nitrogen functional groups attached to an aromatic ring is 1. The van der Waals surface area contributed by atoms with Crippen LogP contribution in [0.2, 0.25) is 0 Å². The van der Waals surface area contributed by atoms with E-state index in [1.54, 1.807) is 0 Å². The van der Waals surface area contributed by atoms with E-state index >= 15 is 0 Å². The number of alkyl halides is 1. The van der Waals surface area contributed by atoms with Crippen LogP contribution in [0.25, 0.3) is 11.2 Å². The van der Waals surface area contributed by atoms with E-state index in [1.165, 1.54) is 10.9 Å². The monoisotopic (exact) mass is 285 g/mol. The van der Waals surface area contributed by atoms with Gasteiger partial charge in [0.2, 0.25) is 5.95 Å². The molecule has 0 radical (unpaired) electrons. The summed E-state index contributed by atoms with van der Waals surface area (Å²) in [6.07, 6.45) is -3.76. The fourth-order valence-corrected chi connectivity index (χ4v) is 2.22. The van der Waals surface area contributed by atoms with Crippen molar-refractivity contribution in [1.29, 1.82) is 0 Å². The van der Waals surface area contributed by atoms with Crippen LogP contribution in [0.4, 0.5) is 10.3 Å². The molecular weight excluding hydrogens is 273 g/mol. The van der Waals surface area contributed by atoms with Crippen molar-refractivity contribution < 1.29 is 19.3 Å². The molecule has 5 N–H and O–H groups in total. The lowest BCUT2D eigenvalue weighted by molar-refractivity contribution is -0.0409. The lowest BCUT2D eigenvalue weighted by Crippen LogP contribution is -2.32. The van der Waals surface area contributed by atoms with Crippen molar-refractivity contribution in [3.05, 3.63) is 16.7 Å². The zero-order valence-electron chi connectivity index (χ0n) is 10.1. The van der Waals surface area contributed by atoms with Gasteiger partial charge in [-0.05, 0) is 0 Å². The zero-order chi connectivity index (χ0) is 14.4. The van der Waals surface area contributed by atoms with Crippen molar-refractivity contribution in [2.75, 3.05) is 12.4 Å². The fourth-order valence-electron chi connectivity index (χ4n) is 2.22. The number of aliphatic hydroxyl groups excluding tert-OH is 2. The number of halogens is 1. The number of aromatic nitrogens is 4. The molecule has 10 heteroatoms. The molecule has 0 saturated carbocycles. The Balaban J connectivity index is 2.09. The minimum atomic E-state index is -1.37. The van der Waals surface area contributed by atoms with E-state index in [4.69, 9.17) is 10.5 Å². The summed E-state index contributed by atoms with van der Waals surface area (Å²) in [4.78, 5) is 21.7. The lowest BCUT2D eigenvalue weighted by Gasteiger charge is -2.16. The van der Waals surface area contributed by atoms with E-state index < -0.39 is 36.8 Å². The van der Waals surface area contributed by atoms with Gasteiger partial charge in [0, 0.05) is 0 Å². The van der Waals surface area contributed by atoms with E-state index in [-0.39, 0.29) is 17.1 Å². The molecule has 9 nitrogen and oxygen atoms in total. The number of ether oxygens (including phenoxy) is 1. The summed E-state index contributed by atoms with van der Waals surface area (Å²) in [6.45, 7) is -0.947. The molecule has 1 aliphatic rings. The maximum absolute atomic E-state index is 12.7. The third-order valence-electron chi connectivity index (χ3n) is 3.21. The molecule has 20 heavy (non-hydrogen) atoms. The first kappa shape index (κ1) is 13.0. The molecule has 108 valence electrons. The van der Waals surface area contributed by atoms with Gasteiger partial charge in [-0.25, -0.2) is 9.37 Å². The highest BCUT2D eigenvalue weighted by atomic mass is 19.1. The normalized spacial score (nSPS) is 30.1. The van der Waals surface area contributed by atoms with Crippen molar-refractivity contribution in [2.45, 2.75) is 24.5 Å². The Labute approximate surface area is 110 Å². The number of hydrogen-bond acceptors (Lipinski definition) is 7. The number of aromatic amines is 1. The van der Waals surface area contributed by atoms with Gasteiger partial charge in [0.05, 0.1) is 6.33 Å². The van der Waals surface area contributed by atoms with Gasteiger partial charge in [0.25, 0.3) is 5.56 Å². The molecule has 0 amide bonds. The first-order valence-electron chi connectivity index (χ1n) is 5.83. The second kappa shape index (κ2) is 4.51. The first-order valence-corrected chi connectivity index (χ1v) is 5.83. The number of nitrogens with two attached hydrogens (primary N) is 1. The first-order chi connectivity index (χ1) is 9.52. The molecule has 3 rings (SSSR count). The highest BCUT2D eigenvalue weighted by Crippen LogP contribution is 2.31. The second-order valence-corrected chi connectivity index (χ2v) is 4.48. The Morgan fingerprint density at radius 3 is 2.90 bits per heavy atom. The molecule has 1 saturated heterocycles. The van der Waals surface area contributed by atoms with Gasteiger partial charge in [0.1, 0.15) is 25.0 Å². The highest BCUT2D eigenvalue weighted by molar-refractivity contribution is 5.70. The van der Waals surface area contributed by atoms with Crippen molar-refractivity contribution in [3.8, 4) is 0 Å². The Bertz CT molecular complexity index is 701. The SMILES string of the molecule is Nc1nc2c(ncn2[C@@H]2O[C@H](CF)[C@@H](O)[C@H]2O)c(=O)[nH]1. The van der Waals surface area contributed by atoms with Gasteiger partial charge < -0.3 is 20.7 Å². The van der Waals surface area contributed by atoms with Crippen LogP contribution in [0.3, 0.4) is 0 Å². The summed E-state index contributed by atoms with van der Waals surface area (Å²) in [5, 5.41) is 19.5. The fraction of sp³-hybridized carbons (Fsp3) is 0.500. The zero-order valence-corrected chi connectivity index (χ0v) is 10.1. The Kier molecular flexibility index (Phi) is 2.92. The highest BCUT2D eigenvalue weighted by Gasteiger charge is 2.44. The summed E-state index contributed by atoms with van der Waals surface area (Å²) in [5.74, 6) is -0.126. The average Bonchev–Trinajstić information content (AvgIpc) is 2.93. The van der Waals surface area contributed by atoms with Crippen molar-refractivity contribution in [3.63, 3.8) is 0 Å². The van der Waals surface area contributed by atoms with Crippen molar-refractivity contribution >= 4 is 17.1 Å². The smallest absolute Gasteiger partial charge is 0.280 e. The van der Waals surface area contributed by atoms with E-state index in [0.717, 1.165) is 0 Å². The summed E-state index contributed by atoms with van der Waals surface area (Å²) in [6, 6.07) is 0. The number of imidazole rings is 1. The third kappa shape index (κ3) is 1.77. The summed E-state index contributed by atoms with van der Waals surface area (Å²) < 4.78 is 19.1. The van der Waals surface area contributed by atoms with Gasteiger partial charge in [-0.2, -0.15) is 4.98 Å². The number of fused-ring (bicyclic) bond motifs is 1. The quantitative estimate of drug-likeness (QED) is 0.515. The van der Waals surface area contributed by atoms with Gasteiger partial charge in [-0.3, -0.25) is 14.3 Å². The second-order valence-electron chi connectivity index (χ2n) is 4.48. The van der Waals surface area contributed by atoms with Crippen LogP contribution in [-0.2, 0) is 4.74 Å². The van der Waals surface area contributed by atoms with Gasteiger partial charge in [-0.1, -0.05) is 0 Å². The third-order valence-corrected chi connectivity index (χ3v) is 3.21. The van der Waals surface area contributed by atoms with Crippen LogP contribution < -0.4 is 11.3 Å². The number of nitrogens with one attached hydrogen (secondary N) is 1. The summed E-state index contributed by atoms with van der Waals surface area (Å²) in [5.41, 5.74) is 5.00. The predicted octanol–water partition coefficient (Wildman–Crippen LogP) is -1.71. The van der Waals surface area contributed by atoms with Crippen LogP contribution in [0.1, 0.15) is 6.23 Å². The van der Waals surface area contributed by atoms with Gasteiger partial charge in [0.15, 0.2) is 17.4 Å². The Morgan fingerprint density at radius 2 is 2.25 bits per heavy atom. The molecule has 0 aliphatic carbocycles. The Hall–Kier alpha value is -2.04. The molecule has 2 aromatic rings. The molecule has 2 aromatic heterocycles. The van der Waals surface area contributed by atoms with E-state index in [2.05, 4.69) is 15.0 Å². The minimum absolute atomic E-state index is 0.00758. The van der Waals surface area contributed by atoms with E-state index in [0.29, 0.717) is 0 Å². The van der Waals surface area contributed by atoms with E-state index in [9.17, 15) is 19.4 Å². The molecule has 0 bridgehead atoms. The van der Waals surface area contributed by atoms with Crippen LogP contribution in [0.15, 0.2) is 11.1 Å². The number of anilines is 1. The standard InChI is InChI=1S/C10H12FN5O4/c11-1-3-5(17)6(18)9(20-3)16-2-13-4-7(16)14-10(12)15-8(4)19/h2-3,5-6,9,17-18H,1H2,(H3,12,14,15,19)/t3-,5-,6-,9-/m1/s1. The maximum Gasteiger partial charge on any atom is 0.280 e. The van der Waals surface area contributed by atoms with Crippen molar-refractivity contribution in [2.24, 2.45) is 0 Å². The average molecular weight is 285 g/mol. The topological polar surface area (TPSA) is 139 Å². The molecule has 4 atom stereocenters. The number of hydrogen-bond donors (Lipinski definition) is 4. The summed E-state index contributed by atoms with van der Waals surface area (Å²) >= 11 is 0. The molecule has 3 heterocycles. The van der Waals surface area contributed by atoms with Crippen LogP contribution in [0, 0.1) is 0 Å². The number of H-pyrrole nitrogens is 1. The van der Waals surface area contributed by atoms with Crippen molar-refractivity contribution in [1.82, 2.24) is 19.5 Å².